The van der Waals surface area contributed by atoms with Gasteiger partial charge in [-0.3, -0.25) is 0 Å². The van der Waals surface area contributed by atoms with Gasteiger partial charge in [-0.2, -0.15) is 0 Å². The Morgan fingerprint density at radius 1 is 1.47 bits per heavy atom. The first kappa shape index (κ1) is 14.3. The highest BCUT2D eigenvalue weighted by Gasteiger charge is 2.37. The Morgan fingerprint density at radius 3 is 2.84 bits per heavy atom. The van der Waals surface area contributed by atoms with Crippen LogP contribution >= 0.6 is 0 Å². The second kappa shape index (κ2) is 6.87. The third-order valence-corrected chi connectivity index (χ3v) is 3.67. The van der Waals surface area contributed by atoms with Gasteiger partial charge in [0.1, 0.15) is 5.82 Å². The van der Waals surface area contributed by atoms with Crippen LogP contribution in [0, 0.1) is 5.92 Å². The van der Waals surface area contributed by atoms with Crippen LogP contribution in [-0.4, -0.2) is 30.3 Å². The molecule has 1 aliphatic rings. The highest BCUT2D eigenvalue weighted by molar-refractivity contribution is 5.39. The molecule has 1 aromatic heterocycles. The van der Waals surface area contributed by atoms with E-state index in [9.17, 15) is 0 Å². The standard InChI is InChI=1S/C15H25N3O/c1-3-17-13(14(19-4-2)11-7-8-11)10-12-6-5-9-18-15(12)16/h5-6,9,11,13-14,17H,3-4,7-8,10H2,1-2H3,(H2,16,18). The van der Waals surface area contributed by atoms with Crippen LogP contribution in [0.2, 0.25) is 0 Å². The molecule has 4 nitrogen and oxygen atoms in total. The van der Waals surface area contributed by atoms with Crippen molar-refractivity contribution in [2.45, 2.75) is 45.3 Å². The van der Waals surface area contributed by atoms with Crippen LogP contribution < -0.4 is 11.1 Å². The van der Waals surface area contributed by atoms with Gasteiger partial charge in [-0.25, -0.2) is 4.98 Å². The third kappa shape index (κ3) is 3.91. The van der Waals surface area contributed by atoms with Gasteiger partial charge in [-0.1, -0.05) is 13.0 Å². The molecule has 0 saturated heterocycles. The second-order valence-corrected chi connectivity index (χ2v) is 5.17. The molecule has 0 amide bonds. The first-order valence-corrected chi connectivity index (χ1v) is 7.30. The summed E-state index contributed by atoms with van der Waals surface area (Å²) in [4.78, 5) is 4.17. The summed E-state index contributed by atoms with van der Waals surface area (Å²) in [5.41, 5.74) is 7.06. The molecule has 1 aromatic rings. The zero-order chi connectivity index (χ0) is 13.7. The molecule has 3 N–H and O–H groups in total. The Hall–Kier alpha value is -1.13. The molecular formula is C15H25N3O. The highest BCUT2D eigenvalue weighted by atomic mass is 16.5. The summed E-state index contributed by atoms with van der Waals surface area (Å²) in [6.07, 6.45) is 5.49. The predicted octanol–water partition coefficient (Wildman–Crippen LogP) is 2.00. The molecule has 0 bridgehead atoms. The van der Waals surface area contributed by atoms with Gasteiger partial charge < -0.3 is 15.8 Å². The Morgan fingerprint density at radius 2 is 2.26 bits per heavy atom. The van der Waals surface area contributed by atoms with E-state index in [1.807, 2.05) is 6.07 Å². The molecule has 19 heavy (non-hydrogen) atoms. The van der Waals surface area contributed by atoms with E-state index in [0.717, 1.165) is 25.1 Å². The molecule has 0 spiro atoms. The lowest BCUT2D eigenvalue weighted by molar-refractivity contribution is 0.0196. The lowest BCUT2D eigenvalue weighted by atomic mass is 9.98. The summed E-state index contributed by atoms with van der Waals surface area (Å²) in [6, 6.07) is 4.33. The lowest BCUT2D eigenvalue weighted by Gasteiger charge is -2.28. The SMILES string of the molecule is CCNC(Cc1cccnc1N)C(OCC)C1CC1. The Bertz CT molecular complexity index is 393. The van der Waals surface area contributed by atoms with Crippen LogP contribution in [0.25, 0.3) is 0 Å². The Labute approximate surface area is 115 Å². The van der Waals surface area contributed by atoms with Gasteiger partial charge in [0.2, 0.25) is 0 Å². The van der Waals surface area contributed by atoms with Gasteiger partial charge in [0.15, 0.2) is 0 Å². The molecule has 2 atom stereocenters. The van der Waals surface area contributed by atoms with Crippen LogP contribution in [0.5, 0.6) is 0 Å². The van der Waals surface area contributed by atoms with E-state index in [1.54, 1.807) is 6.20 Å². The summed E-state index contributed by atoms with van der Waals surface area (Å²) < 4.78 is 5.97. The van der Waals surface area contributed by atoms with E-state index in [2.05, 4.69) is 30.2 Å². The first-order valence-electron chi connectivity index (χ1n) is 7.30. The molecule has 106 valence electrons. The van der Waals surface area contributed by atoms with Crippen molar-refractivity contribution in [3.8, 4) is 0 Å². The van der Waals surface area contributed by atoms with E-state index >= 15 is 0 Å². The minimum absolute atomic E-state index is 0.296. The lowest BCUT2D eigenvalue weighted by Crippen LogP contribution is -2.44. The van der Waals surface area contributed by atoms with Crippen LogP contribution in [0.4, 0.5) is 5.82 Å². The number of likely N-dealkylation sites (N-methyl/N-ethyl adjacent to an activating group) is 1. The highest BCUT2D eigenvalue weighted by Crippen LogP contribution is 2.36. The summed E-state index contributed by atoms with van der Waals surface area (Å²) >= 11 is 0. The maximum atomic E-state index is 5.97. The molecule has 1 saturated carbocycles. The van der Waals surface area contributed by atoms with Crippen LogP contribution in [-0.2, 0) is 11.2 Å². The zero-order valence-electron chi connectivity index (χ0n) is 11.9. The predicted molar refractivity (Wildman–Crippen MR) is 78.0 cm³/mol. The Balaban J connectivity index is 2.08. The number of ether oxygens (including phenoxy) is 1. The molecule has 4 heteroatoms. The van der Waals surface area contributed by atoms with Crippen molar-refractivity contribution in [1.82, 2.24) is 10.3 Å². The maximum absolute atomic E-state index is 5.97. The largest absolute Gasteiger partial charge is 0.383 e. The van der Waals surface area contributed by atoms with E-state index in [0.29, 0.717) is 23.9 Å². The normalized spacial score (nSPS) is 18.2. The molecule has 1 heterocycles. The number of nitrogens with zero attached hydrogens (tertiary/aromatic N) is 1. The van der Waals surface area contributed by atoms with Crippen molar-refractivity contribution in [3.05, 3.63) is 23.9 Å². The first-order chi connectivity index (χ1) is 9.26. The topological polar surface area (TPSA) is 60.2 Å². The van der Waals surface area contributed by atoms with Gasteiger partial charge in [-0.15, -0.1) is 0 Å². The molecule has 1 aliphatic carbocycles. The van der Waals surface area contributed by atoms with Crippen molar-refractivity contribution < 1.29 is 4.74 Å². The summed E-state index contributed by atoms with van der Waals surface area (Å²) in [5.74, 6) is 1.35. The van der Waals surface area contributed by atoms with Gasteiger partial charge in [0.05, 0.1) is 6.10 Å². The number of hydrogen-bond donors (Lipinski definition) is 2. The van der Waals surface area contributed by atoms with Crippen LogP contribution in [0.1, 0.15) is 32.3 Å². The van der Waals surface area contributed by atoms with Crippen molar-refractivity contribution in [2.75, 3.05) is 18.9 Å². The molecule has 1 fully saturated rings. The fourth-order valence-corrected chi connectivity index (χ4v) is 2.62. The van der Waals surface area contributed by atoms with Gasteiger partial charge >= 0.3 is 0 Å². The number of nitrogens with two attached hydrogens (primary N) is 1. The van der Waals surface area contributed by atoms with Crippen molar-refractivity contribution >= 4 is 5.82 Å². The molecule has 0 aliphatic heterocycles. The van der Waals surface area contributed by atoms with E-state index in [-0.39, 0.29) is 0 Å². The van der Waals surface area contributed by atoms with Crippen LogP contribution in [0.3, 0.4) is 0 Å². The van der Waals surface area contributed by atoms with E-state index in [1.165, 1.54) is 12.8 Å². The number of rotatable bonds is 8. The van der Waals surface area contributed by atoms with Crippen molar-refractivity contribution in [3.63, 3.8) is 0 Å². The third-order valence-electron chi connectivity index (χ3n) is 3.67. The molecule has 0 aromatic carbocycles. The van der Waals surface area contributed by atoms with Gasteiger partial charge in [0.25, 0.3) is 0 Å². The Kier molecular flexibility index (Phi) is 5.16. The number of anilines is 1. The number of aromatic nitrogens is 1. The molecule has 2 rings (SSSR count). The average molecular weight is 263 g/mol. The number of pyridine rings is 1. The molecule has 2 unspecified atom stereocenters. The van der Waals surface area contributed by atoms with E-state index in [4.69, 9.17) is 10.5 Å². The van der Waals surface area contributed by atoms with Crippen molar-refractivity contribution in [2.24, 2.45) is 5.92 Å². The summed E-state index contributed by atoms with van der Waals surface area (Å²) in [5, 5.41) is 3.56. The smallest absolute Gasteiger partial charge is 0.126 e. The summed E-state index contributed by atoms with van der Waals surface area (Å²) in [6.45, 7) is 5.92. The van der Waals surface area contributed by atoms with Gasteiger partial charge in [-0.05, 0) is 50.3 Å². The average Bonchev–Trinajstić information content (AvgIpc) is 3.22. The van der Waals surface area contributed by atoms with Crippen molar-refractivity contribution in [1.29, 1.82) is 0 Å². The minimum atomic E-state index is 0.296. The summed E-state index contributed by atoms with van der Waals surface area (Å²) in [7, 11) is 0. The van der Waals surface area contributed by atoms with Crippen LogP contribution in [0.15, 0.2) is 18.3 Å². The fraction of sp³-hybridized carbons (Fsp3) is 0.667. The molecular weight excluding hydrogens is 238 g/mol. The number of nitrogens with one attached hydrogen (secondary N) is 1. The quantitative estimate of drug-likeness (QED) is 0.753. The fourth-order valence-electron chi connectivity index (χ4n) is 2.62. The zero-order valence-corrected chi connectivity index (χ0v) is 11.9. The monoisotopic (exact) mass is 263 g/mol. The maximum Gasteiger partial charge on any atom is 0.126 e. The second-order valence-electron chi connectivity index (χ2n) is 5.17. The molecule has 0 radical (unpaired) electrons. The van der Waals surface area contributed by atoms with Gasteiger partial charge in [0, 0.05) is 18.8 Å². The van der Waals surface area contributed by atoms with E-state index < -0.39 is 0 Å². The minimum Gasteiger partial charge on any atom is -0.383 e. The number of nitrogen functional groups attached to an aromatic ring is 1. The number of hydrogen-bond acceptors (Lipinski definition) is 4.